The summed E-state index contributed by atoms with van der Waals surface area (Å²) in [5.74, 6) is 0.0117. The van der Waals surface area contributed by atoms with Gasteiger partial charge in [-0.2, -0.15) is 5.10 Å². The molecule has 1 amide bonds. The van der Waals surface area contributed by atoms with E-state index < -0.39 is 0 Å². The minimum Gasteiger partial charge on any atom is -0.346 e. The fourth-order valence-electron chi connectivity index (χ4n) is 2.87. The second kappa shape index (κ2) is 6.55. The quantitative estimate of drug-likeness (QED) is 0.794. The maximum Gasteiger partial charge on any atom is 0.269 e. The van der Waals surface area contributed by atoms with Gasteiger partial charge in [0, 0.05) is 26.2 Å². The zero-order valence-corrected chi connectivity index (χ0v) is 14.9. The molecule has 0 radical (unpaired) electrons. The predicted molar refractivity (Wildman–Crippen MR) is 97.7 cm³/mol. The van der Waals surface area contributed by atoms with Gasteiger partial charge in [0.1, 0.15) is 5.69 Å². The Morgan fingerprint density at radius 3 is 2.60 bits per heavy atom. The highest BCUT2D eigenvalue weighted by atomic mass is 16.2. The number of hydrogen-bond acceptors (Lipinski definition) is 3. The van der Waals surface area contributed by atoms with E-state index in [1.165, 1.54) is 0 Å². The van der Waals surface area contributed by atoms with Crippen molar-refractivity contribution in [2.75, 3.05) is 0 Å². The second-order valence-electron chi connectivity index (χ2n) is 6.51. The molecule has 0 bridgehead atoms. The van der Waals surface area contributed by atoms with Crippen molar-refractivity contribution in [3.63, 3.8) is 0 Å². The Morgan fingerprint density at radius 1 is 1.20 bits per heavy atom. The van der Waals surface area contributed by atoms with E-state index in [-0.39, 0.29) is 23.9 Å². The van der Waals surface area contributed by atoms with E-state index in [2.05, 4.69) is 10.4 Å². The SMILES string of the molecule is CC(C)c1cc(C(=O)NCc2cc3ccccc3n(C)c2=O)n(C)n1. The highest BCUT2D eigenvalue weighted by molar-refractivity contribution is 5.92. The largest absolute Gasteiger partial charge is 0.346 e. The number of nitrogens with one attached hydrogen (secondary N) is 1. The van der Waals surface area contributed by atoms with Crippen LogP contribution in [0, 0.1) is 0 Å². The summed E-state index contributed by atoms with van der Waals surface area (Å²) in [7, 11) is 3.49. The van der Waals surface area contributed by atoms with Crippen LogP contribution >= 0.6 is 0 Å². The number of benzene rings is 1. The Balaban J connectivity index is 1.84. The van der Waals surface area contributed by atoms with Crippen molar-refractivity contribution in [3.8, 4) is 0 Å². The molecule has 0 saturated heterocycles. The Hall–Kier alpha value is -2.89. The lowest BCUT2D eigenvalue weighted by Crippen LogP contribution is -2.30. The summed E-state index contributed by atoms with van der Waals surface area (Å²) in [5.41, 5.74) is 2.68. The second-order valence-corrected chi connectivity index (χ2v) is 6.51. The number of aryl methyl sites for hydroxylation is 2. The van der Waals surface area contributed by atoms with Crippen LogP contribution in [0.5, 0.6) is 0 Å². The lowest BCUT2D eigenvalue weighted by atomic mass is 10.1. The highest BCUT2D eigenvalue weighted by Gasteiger charge is 2.15. The summed E-state index contributed by atoms with van der Waals surface area (Å²) in [5, 5.41) is 8.15. The summed E-state index contributed by atoms with van der Waals surface area (Å²) < 4.78 is 3.18. The van der Waals surface area contributed by atoms with Crippen molar-refractivity contribution in [3.05, 3.63) is 63.7 Å². The minimum atomic E-state index is -0.239. The lowest BCUT2D eigenvalue weighted by Gasteiger charge is -2.09. The Labute approximate surface area is 146 Å². The van der Waals surface area contributed by atoms with Crippen molar-refractivity contribution in [2.24, 2.45) is 14.1 Å². The number of nitrogens with zero attached hydrogens (tertiary/aromatic N) is 3. The van der Waals surface area contributed by atoms with Crippen molar-refractivity contribution in [1.29, 1.82) is 0 Å². The van der Waals surface area contributed by atoms with Crippen molar-refractivity contribution < 1.29 is 4.79 Å². The maximum atomic E-state index is 12.5. The number of rotatable bonds is 4. The summed E-state index contributed by atoms with van der Waals surface area (Å²) in [6.07, 6.45) is 0. The number of pyridine rings is 1. The molecule has 1 aromatic carbocycles. The molecular weight excluding hydrogens is 316 g/mol. The molecule has 0 spiro atoms. The molecule has 0 saturated carbocycles. The van der Waals surface area contributed by atoms with Gasteiger partial charge in [-0.1, -0.05) is 32.0 Å². The Kier molecular flexibility index (Phi) is 4.44. The van der Waals surface area contributed by atoms with Crippen molar-refractivity contribution in [2.45, 2.75) is 26.3 Å². The monoisotopic (exact) mass is 338 g/mol. The van der Waals surface area contributed by atoms with E-state index in [0.29, 0.717) is 11.3 Å². The van der Waals surface area contributed by atoms with Crippen LogP contribution in [-0.4, -0.2) is 20.3 Å². The van der Waals surface area contributed by atoms with E-state index >= 15 is 0 Å². The van der Waals surface area contributed by atoms with Gasteiger partial charge in [-0.15, -0.1) is 0 Å². The predicted octanol–water partition coefficient (Wildman–Crippen LogP) is 2.33. The fourth-order valence-corrected chi connectivity index (χ4v) is 2.87. The van der Waals surface area contributed by atoms with E-state index in [1.807, 2.05) is 44.2 Å². The normalized spacial score (nSPS) is 11.2. The molecule has 2 aromatic heterocycles. The van der Waals surface area contributed by atoms with Crippen molar-refractivity contribution in [1.82, 2.24) is 19.7 Å². The Morgan fingerprint density at radius 2 is 1.92 bits per heavy atom. The maximum absolute atomic E-state index is 12.5. The van der Waals surface area contributed by atoms with Gasteiger partial charge in [0.15, 0.2) is 0 Å². The Bertz CT molecular complexity index is 998. The van der Waals surface area contributed by atoms with Crippen LogP contribution in [0.15, 0.2) is 41.2 Å². The molecule has 2 heterocycles. The molecule has 0 aliphatic rings. The molecule has 0 aliphatic carbocycles. The van der Waals surface area contributed by atoms with Gasteiger partial charge in [0.05, 0.1) is 11.2 Å². The topological polar surface area (TPSA) is 68.9 Å². The van der Waals surface area contributed by atoms with Crippen LogP contribution < -0.4 is 10.9 Å². The summed E-state index contributed by atoms with van der Waals surface area (Å²) in [4.78, 5) is 24.9. The molecule has 1 N–H and O–H groups in total. The number of fused-ring (bicyclic) bond motifs is 1. The van der Waals surface area contributed by atoms with Crippen molar-refractivity contribution >= 4 is 16.8 Å². The van der Waals surface area contributed by atoms with Gasteiger partial charge in [-0.3, -0.25) is 14.3 Å². The first-order chi connectivity index (χ1) is 11.9. The first-order valence-electron chi connectivity index (χ1n) is 8.28. The van der Waals surface area contributed by atoms with E-state index in [0.717, 1.165) is 16.6 Å². The molecular formula is C19H22N4O2. The van der Waals surface area contributed by atoms with Crippen LogP contribution in [0.2, 0.25) is 0 Å². The third-order valence-electron chi connectivity index (χ3n) is 4.37. The number of carbonyl (C=O) groups is 1. The number of carbonyl (C=O) groups excluding carboxylic acids is 1. The van der Waals surface area contributed by atoms with Gasteiger partial charge in [0.25, 0.3) is 11.5 Å². The lowest BCUT2D eigenvalue weighted by molar-refractivity contribution is 0.0941. The van der Waals surface area contributed by atoms with Gasteiger partial charge in [0.2, 0.25) is 0 Å². The van der Waals surface area contributed by atoms with E-state index in [4.69, 9.17) is 0 Å². The zero-order valence-electron chi connectivity index (χ0n) is 14.9. The first kappa shape index (κ1) is 17.0. The standard InChI is InChI=1S/C19H22N4O2/c1-12(2)15-10-17(23(4)21-15)18(24)20-11-14-9-13-7-5-6-8-16(13)22(3)19(14)25/h5-10,12H,11H2,1-4H3,(H,20,24). The zero-order chi connectivity index (χ0) is 18.1. The van der Waals surface area contributed by atoms with Crippen LogP contribution in [0.25, 0.3) is 10.9 Å². The molecule has 6 nitrogen and oxygen atoms in total. The molecule has 130 valence electrons. The molecule has 0 aliphatic heterocycles. The van der Waals surface area contributed by atoms with E-state index in [9.17, 15) is 9.59 Å². The van der Waals surface area contributed by atoms with Crippen LogP contribution in [0.4, 0.5) is 0 Å². The average Bonchev–Trinajstić information content (AvgIpc) is 2.99. The molecule has 0 fully saturated rings. The first-order valence-corrected chi connectivity index (χ1v) is 8.28. The third kappa shape index (κ3) is 3.20. The number of hydrogen-bond donors (Lipinski definition) is 1. The van der Waals surface area contributed by atoms with Gasteiger partial charge in [-0.05, 0) is 29.5 Å². The molecule has 0 unspecified atom stereocenters. The van der Waals surface area contributed by atoms with Crippen LogP contribution in [0.3, 0.4) is 0 Å². The highest BCUT2D eigenvalue weighted by Crippen LogP contribution is 2.14. The summed E-state index contributed by atoms with van der Waals surface area (Å²) >= 11 is 0. The average molecular weight is 338 g/mol. The molecule has 0 atom stereocenters. The smallest absolute Gasteiger partial charge is 0.269 e. The van der Waals surface area contributed by atoms with Crippen LogP contribution in [0.1, 0.15) is 41.5 Å². The molecule has 3 aromatic rings. The number of amides is 1. The summed E-state index contributed by atoms with van der Waals surface area (Å²) in [6, 6.07) is 11.3. The number of aromatic nitrogens is 3. The van der Waals surface area contributed by atoms with Gasteiger partial charge < -0.3 is 9.88 Å². The number of para-hydroxylation sites is 1. The summed E-state index contributed by atoms with van der Waals surface area (Å²) in [6.45, 7) is 4.24. The van der Waals surface area contributed by atoms with Gasteiger partial charge >= 0.3 is 0 Å². The molecule has 3 rings (SSSR count). The minimum absolute atomic E-state index is 0.105. The van der Waals surface area contributed by atoms with E-state index in [1.54, 1.807) is 29.4 Å². The molecule has 6 heteroatoms. The van der Waals surface area contributed by atoms with Gasteiger partial charge in [-0.25, -0.2) is 0 Å². The fraction of sp³-hybridized carbons (Fsp3) is 0.316. The van der Waals surface area contributed by atoms with Crippen LogP contribution in [-0.2, 0) is 20.6 Å². The third-order valence-corrected chi connectivity index (χ3v) is 4.37. The molecule has 25 heavy (non-hydrogen) atoms.